The minimum absolute atomic E-state index is 0.0372. The van der Waals surface area contributed by atoms with E-state index in [4.69, 9.17) is 0 Å². The molecule has 0 bridgehead atoms. The predicted octanol–water partition coefficient (Wildman–Crippen LogP) is 0.160. The summed E-state index contributed by atoms with van der Waals surface area (Å²) in [5, 5.41) is 0. The van der Waals surface area contributed by atoms with Crippen molar-refractivity contribution in [3.8, 4) is 166 Å². The molecule has 0 aliphatic heterocycles. The molecule has 0 saturated heterocycles. The summed E-state index contributed by atoms with van der Waals surface area (Å²) in [5.74, 6) is 67.5. The lowest BCUT2D eigenvalue weighted by Gasteiger charge is -2.00. The van der Waals surface area contributed by atoms with E-state index in [1.165, 1.54) is 6.92 Å². The molecule has 4 heteroatoms. The SMILES string of the molecule is CC#CC#CC#CC#CC#CC#CC#CC#CC#CC#CC#CC#CC#CC#CC(=O)OCCOC(C)=O. The largest absolute Gasteiger partial charge is 0.462 e. The van der Waals surface area contributed by atoms with Crippen LogP contribution in [0.5, 0.6) is 0 Å². The lowest BCUT2D eigenvalue weighted by atomic mass is 10.4. The van der Waals surface area contributed by atoms with Gasteiger partial charge in [-0.15, -0.1) is 0 Å². The zero-order chi connectivity index (χ0) is 27.8. The molecule has 0 rings (SSSR count). The molecule has 0 unspecified atom stereocenters. The van der Waals surface area contributed by atoms with Gasteiger partial charge in [0.1, 0.15) is 13.2 Å². The summed E-state index contributed by atoms with van der Waals surface area (Å²) in [4.78, 5) is 21.7. The maximum atomic E-state index is 11.2. The molecule has 0 N–H and O–H groups in total. The van der Waals surface area contributed by atoms with Gasteiger partial charge >= 0.3 is 11.9 Å². The number of carbonyl (C=O) groups is 2. The van der Waals surface area contributed by atoms with Crippen molar-refractivity contribution in [3.63, 3.8) is 0 Å². The summed E-state index contributed by atoms with van der Waals surface area (Å²) in [5.41, 5.74) is 0. The van der Waals surface area contributed by atoms with Crippen LogP contribution in [0.25, 0.3) is 0 Å². The maximum absolute atomic E-state index is 11.2. The lowest BCUT2D eigenvalue weighted by Crippen LogP contribution is -2.10. The molecule has 0 spiro atoms. The van der Waals surface area contributed by atoms with Crippen molar-refractivity contribution in [2.75, 3.05) is 13.2 Å². The fourth-order valence-electron chi connectivity index (χ4n) is 1.25. The standard InChI is InChI=1S/C34H10O4/c1-3-4-5-6-7-8-9-10-11-12-13-14-15-16-17-18-19-20-21-22-23-24-25-26-27-28-29-30-34(36)38-32-31-37-33(2)35/h31-32H2,1-2H3. The van der Waals surface area contributed by atoms with Crippen LogP contribution in [0.4, 0.5) is 0 Å². The van der Waals surface area contributed by atoms with E-state index in [1.54, 1.807) is 6.92 Å². The number of carbonyl (C=O) groups excluding carboxylic acids is 2. The van der Waals surface area contributed by atoms with Crippen LogP contribution in [0, 0.1) is 166 Å². The van der Waals surface area contributed by atoms with E-state index in [9.17, 15) is 9.59 Å². The third-order valence-corrected chi connectivity index (χ3v) is 2.47. The number of ether oxygens (including phenoxy) is 2. The van der Waals surface area contributed by atoms with Gasteiger partial charge in [0.05, 0.1) is 0 Å². The van der Waals surface area contributed by atoms with Gasteiger partial charge in [-0.3, -0.25) is 4.79 Å². The summed E-state index contributed by atoms with van der Waals surface area (Å²) >= 11 is 0. The Balaban J connectivity index is 4.42. The molecule has 38 heavy (non-hydrogen) atoms. The summed E-state index contributed by atoms with van der Waals surface area (Å²) in [7, 11) is 0. The molecule has 0 saturated carbocycles. The van der Waals surface area contributed by atoms with Crippen LogP contribution in [0.15, 0.2) is 0 Å². The van der Waals surface area contributed by atoms with Gasteiger partial charge in [0.25, 0.3) is 0 Å². The van der Waals surface area contributed by atoms with E-state index in [0.717, 1.165) is 0 Å². The molecule has 0 aliphatic rings. The molecule has 0 fully saturated rings. The second kappa shape index (κ2) is 26.0. The highest BCUT2D eigenvalue weighted by molar-refractivity contribution is 5.89. The summed E-state index contributed by atoms with van der Waals surface area (Å²) < 4.78 is 9.26. The second-order valence-corrected chi connectivity index (χ2v) is 5.10. The Kier molecular flexibility index (Phi) is 21.1. The molecule has 0 radical (unpaired) electrons. The molecule has 0 amide bonds. The van der Waals surface area contributed by atoms with Crippen molar-refractivity contribution in [1.82, 2.24) is 0 Å². The number of esters is 2. The van der Waals surface area contributed by atoms with Crippen molar-refractivity contribution in [2.24, 2.45) is 0 Å². The Morgan fingerprint density at radius 1 is 0.421 bits per heavy atom. The molecule has 0 heterocycles. The normalized spacial score (nSPS) is 5.21. The Hall–Kier alpha value is -7.22. The zero-order valence-corrected chi connectivity index (χ0v) is 20.0. The highest BCUT2D eigenvalue weighted by Gasteiger charge is 1.97. The summed E-state index contributed by atoms with van der Waals surface area (Å²) in [6.45, 7) is 2.81. The quantitative estimate of drug-likeness (QED) is 0.249. The molecule has 0 aromatic heterocycles. The lowest BCUT2D eigenvalue weighted by molar-refractivity contribution is -0.147. The van der Waals surface area contributed by atoms with Crippen LogP contribution in [-0.4, -0.2) is 25.2 Å². The van der Waals surface area contributed by atoms with Crippen molar-refractivity contribution >= 4 is 11.9 Å². The smallest absolute Gasteiger partial charge is 0.385 e. The van der Waals surface area contributed by atoms with Crippen molar-refractivity contribution in [1.29, 1.82) is 0 Å². The monoisotopic (exact) mass is 482 g/mol. The highest BCUT2D eigenvalue weighted by atomic mass is 16.6. The fourth-order valence-corrected chi connectivity index (χ4v) is 1.25. The van der Waals surface area contributed by atoms with Gasteiger partial charge in [0.15, 0.2) is 0 Å². The van der Waals surface area contributed by atoms with Crippen LogP contribution in [-0.2, 0) is 19.1 Å². The molecule has 0 aliphatic carbocycles. The van der Waals surface area contributed by atoms with Gasteiger partial charge in [-0.05, 0) is 102 Å². The molecular formula is C34H10O4. The topological polar surface area (TPSA) is 52.6 Å². The van der Waals surface area contributed by atoms with Crippen LogP contribution in [0.2, 0.25) is 0 Å². The Labute approximate surface area is 223 Å². The summed E-state index contributed by atoms with van der Waals surface area (Å²) in [6.07, 6.45) is 0. The first kappa shape index (κ1) is 30.8. The van der Waals surface area contributed by atoms with Gasteiger partial charge in [-0.1, -0.05) is 5.92 Å². The van der Waals surface area contributed by atoms with Gasteiger partial charge in [0, 0.05) is 72.0 Å². The average molecular weight is 482 g/mol. The third-order valence-electron chi connectivity index (χ3n) is 2.47. The third kappa shape index (κ3) is 26.8. The maximum Gasteiger partial charge on any atom is 0.385 e. The first-order valence-corrected chi connectivity index (χ1v) is 9.89. The van der Waals surface area contributed by atoms with E-state index >= 15 is 0 Å². The molecule has 4 nitrogen and oxygen atoms in total. The minimum Gasteiger partial charge on any atom is -0.462 e. The minimum atomic E-state index is -0.795. The van der Waals surface area contributed by atoms with E-state index < -0.39 is 11.9 Å². The summed E-state index contributed by atoms with van der Waals surface area (Å²) in [6, 6.07) is 0. The number of hydrogen-bond acceptors (Lipinski definition) is 4. The first-order chi connectivity index (χ1) is 18.7. The van der Waals surface area contributed by atoms with Crippen LogP contribution >= 0.6 is 0 Å². The van der Waals surface area contributed by atoms with E-state index in [-0.39, 0.29) is 13.2 Å². The van der Waals surface area contributed by atoms with Crippen LogP contribution in [0.3, 0.4) is 0 Å². The molecule has 0 aromatic rings. The van der Waals surface area contributed by atoms with E-state index in [0.29, 0.717) is 0 Å². The van der Waals surface area contributed by atoms with E-state index in [1.807, 2.05) is 0 Å². The fraction of sp³-hybridized carbons (Fsp3) is 0.118. The highest BCUT2D eigenvalue weighted by Crippen LogP contribution is 1.80. The molecular weight excluding hydrogens is 472 g/mol. The number of hydrogen-bond donors (Lipinski definition) is 0. The van der Waals surface area contributed by atoms with E-state index in [2.05, 4.69) is 175 Å². The number of rotatable bonds is 3. The van der Waals surface area contributed by atoms with Gasteiger partial charge in [0.2, 0.25) is 0 Å². The molecule has 0 atom stereocenters. The predicted molar refractivity (Wildman–Crippen MR) is 142 cm³/mol. The second-order valence-electron chi connectivity index (χ2n) is 5.10. The Bertz CT molecular complexity index is 1840. The molecule has 170 valence electrons. The van der Waals surface area contributed by atoms with Crippen LogP contribution < -0.4 is 0 Å². The Morgan fingerprint density at radius 3 is 0.974 bits per heavy atom. The van der Waals surface area contributed by atoms with Crippen molar-refractivity contribution < 1.29 is 19.1 Å². The average Bonchev–Trinajstić information content (AvgIpc) is 2.90. The van der Waals surface area contributed by atoms with Gasteiger partial charge in [-0.25, -0.2) is 4.79 Å². The van der Waals surface area contributed by atoms with Gasteiger partial charge < -0.3 is 9.47 Å². The van der Waals surface area contributed by atoms with Crippen LogP contribution in [0.1, 0.15) is 13.8 Å². The van der Waals surface area contributed by atoms with Gasteiger partial charge in [-0.2, -0.15) is 0 Å². The van der Waals surface area contributed by atoms with Crippen molar-refractivity contribution in [2.45, 2.75) is 13.8 Å². The van der Waals surface area contributed by atoms with Crippen molar-refractivity contribution in [3.05, 3.63) is 0 Å². The zero-order valence-electron chi connectivity index (χ0n) is 20.0. The Morgan fingerprint density at radius 2 is 0.684 bits per heavy atom. The molecule has 0 aromatic carbocycles. The first-order valence-electron chi connectivity index (χ1n) is 9.89.